The predicted octanol–water partition coefficient (Wildman–Crippen LogP) is 1.85. The Bertz CT molecular complexity index is 296. The van der Waals surface area contributed by atoms with E-state index in [1.165, 1.54) is 0 Å². The van der Waals surface area contributed by atoms with Crippen LogP contribution in [0.15, 0.2) is 0 Å². The highest BCUT2D eigenvalue weighted by Crippen LogP contribution is 2.36. The van der Waals surface area contributed by atoms with E-state index in [4.69, 9.17) is 9.47 Å². The van der Waals surface area contributed by atoms with Crippen LogP contribution in [0.2, 0.25) is 0 Å². The van der Waals surface area contributed by atoms with E-state index in [2.05, 4.69) is 0 Å². The second kappa shape index (κ2) is 6.73. The van der Waals surface area contributed by atoms with Crippen LogP contribution in [-0.4, -0.2) is 36.9 Å². The third-order valence-electron chi connectivity index (χ3n) is 3.41. The lowest BCUT2D eigenvalue weighted by Gasteiger charge is -2.28. The van der Waals surface area contributed by atoms with Gasteiger partial charge in [-0.1, -0.05) is 13.3 Å². The molecule has 1 aliphatic rings. The smallest absolute Gasteiger partial charge is 0.323 e. The van der Waals surface area contributed by atoms with Gasteiger partial charge in [-0.05, 0) is 32.1 Å². The molecule has 0 bridgehead atoms. The second-order valence-corrected chi connectivity index (χ2v) is 4.79. The number of carbonyl (C=O) groups is 2. The summed E-state index contributed by atoms with van der Waals surface area (Å²) in [5.74, 6) is -1.54. The molecule has 0 amide bonds. The summed E-state index contributed by atoms with van der Waals surface area (Å²) in [6.07, 6.45) is 2.09. The predicted molar refractivity (Wildman–Crippen MR) is 65.2 cm³/mol. The molecule has 104 valence electrons. The third-order valence-corrected chi connectivity index (χ3v) is 3.41. The van der Waals surface area contributed by atoms with Gasteiger partial charge in [-0.15, -0.1) is 0 Å². The van der Waals surface area contributed by atoms with Gasteiger partial charge in [0.15, 0.2) is 5.41 Å². The zero-order valence-corrected chi connectivity index (χ0v) is 11.1. The highest BCUT2D eigenvalue weighted by molar-refractivity contribution is 5.99. The van der Waals surface area contributed by atoms with Crippen molar-refractivity contribution >= 4 is 11.9 Å². The fourth-order valence-electron chi connectivity index (χ4n) is 2.50. The molecule has 1 rings (SSSR count). The maximum atomic E-state index is 12.0. The van der Waals surface area contributed by atoms with E-state index in [0.29, 0.717) is 32.5 Å². The summed E-state index contributed by atoms with van der Waals surface area (Å²) in [5.41, 5.74) is -1.40. The van der Waals surface area contributed by atoms with Crippen LogP contribution in [-0.2, 0) is 19.1 Å². The molecular weight excluding hydrogens is 236 g/mol. The SMILES string of the molecule is CCCC(CC1CCOC1)(C(=O)O)C(=O)OCC. The average Bonchev–Trinajstić information content (AvgIpc) is 2.81. The van der Waals surface area contributed by atoms with Crippen molar-refractivity contribution in [3.05, 3.63) is 0 Å². The first-order valence-corrected chi connectivity index (χ1v) is 6.55. The van der Waals surface area contributed by atoms with E-state index in [1.807, 2.05) is 6.92 Å². The molecular formula is C13H22O5. The first-order chi connectivity index (χ1) is 8.56. The Labute approximate surface area is 107 Å². The van der Waals surface area contributed by atoms with Crippen LogP contribution in [0.4, 0.5) is 0 Å². The van der Waals surface area contributed by atoms with Gasteiger partial charge in [-0.25, -0.2) is 0 Å². The van der Waals surface area contributed by atoms with Gasteiger partial charge in [0, 0.05) is 13.2 Å². The van der Waals surface area contributed by atoms with Gasteiger partial charge in [0.2, 0.25) is 0 Å². The third kappa shape index (κ3) is 3.22. The molecule has 5 nitrogen and oxygen atoms in total. The van der Waals surface area contributed by atoms with Gasteiger partial charge in [-0.2, -0.15) is 0 Å². The zero-order chi connectivity index (χ0) is 13.6. The molecule has 1 saturated heterocycles. The number of aliphatic carboxylic acids is 1. The van der Waals surface area contributed by atoms with Crippen LogP contribution in [0.3, 0.4) is 0 Å². The number of esters is 1. The Morgan fingerprint density at radius 1 is 1.44 bits per heavy atom. The molecule has 18 heavy (non-hydrogen) atoms. The van der Waals surface area contributed by atoms with Crippen LogP contribution >= 0.6 is 0 Å². The first kappa shape index (κ1) is 15.0. The van der Waals surface area contributed by atoms with Gasteiger partial charge in [-0.3, -0.25) is 9.59 Å². The summed E-state index contributed by atoms with van der Waals surface area (Å²) in [6, 6.07) is 0. The number of carboxylic acids is 1. The number of rotatable bonds is 7. The molecule has 0 aromatic rings. The lowest BCUT2D eigenvalue weighted by molar-refractivity contribution is -0.171. The Morgan fingerprint density at radius 2 is 2.17 bits per heavy atom. The largest absolute Gasteiger partial charge is 0.480 e. The topological polar surface area (TPSA) is 72.8 Å². The normalized spacial score (nSPS) is 22.4. The molecule has 0 spiro atoms. The van der Waals surface area contributed by atoms with Gasteiger partial charge in [0.25, 0.3) is 0 Å². The summed E-state index contributed by atoms with van der Waals surface area (Å²) < 4.78 is 10.2. The molecule has 0 aliphatic carbocycles. The molecule has 0 aromatic heterocycles. The van der Waals surface area contributed by atoms with Crippen molar-refractivity contribution in [3.8, 4) is 0 Å². The van der Waals surface area contributed by atoms with Crippen molar-refractivity contribution < 1.29 is 24.2 Å². The lowest BCUT2D eigenvalue weighted by Crippen LogP contribution is -2.42. The number of carbonyl (C=O) groups excluding carboxylic acids is 1. The maximum absolute atomic E-state index is 12.0. The maximum Gasteiger partial charge on any atom is 0.323 e. The average molecular weight is 258 g/mol. The van der Waals surface area contributed by atoms with Crippen LogP contribution < -0.4 is 0 Å². The fourth-order valence-corrected chi connectivity index (χ4v) is 2.50. The molecule has 0 radical (unpaired) electrons. The molecule has 2 unspecified atom stereocenters. The van der Waals surface area contributed by atoms with E-state index >= 15 is 0 Å². The number of hydrogen-bond acceptors (Lipinski definition) is 4. The molecule has 0 aromatic carbocycles. The minimum Gasteiger partial charge on any atom is -0.480 e. The van der Waals surface area contributed by atoms with Gasteiger partial charge in [0.05, 0.1) is 6.61 Å². The van der Waals surface area contributed by atoms with E-state index in [1.54, 1.807) is 6.92 Å². The van der Waals surface area contributed by atoms with Crippen molar-refractivity contribution in [1.82, 2.24) is 0 Å². The Morgan fingerprint density at radius 3 is 2.61 bits per heavy atom. The van der Waals surface area contributed by atoms with Crippen molar-refractivity contribution in [2.24, 2.45) is 11.3 Å². The van der Waals surface area contributed by atoms with E-state index in [0.717, 1.165) is 6.42 Å². The molecule has 2 atom stereocenters. The van der Waals surface area contributed by atoms with Crippen LogP contribution in [0.25, 0.3) is 0 Å². The monoisotopic (exact) mass is 258 g/mol. The van der Waals surface area contributed by atoms with E-state index in [9.17, 15) is 14.7 Å². The molecule has 1 fully saturated rings. The Balaban J connectivity index is 2.88. The second-order valence-electron chi connectivity index (χ2n) is 4.79. The lowest BCUT2D eigenvalue weighted by atomic mass is 9.75. The molecule has 1 aliphatic heterocycles. The molecule has 1 heterocycles. The molecule has 1 N–H and O–H groups in total. The standard InChI is InChI=1S/C13H22O5/c1-3-6-13(11(14)15,12(16)18-4-2)8-10-5-7-17-9-10/h10H,3-9H2,1-2H3,(H,14,15). The van der Waals surface area contributed by atoms with Gasteiger partial charge in [0.1, 0.15) is 0 Å². The van der Waals surface area contributed by atoms with Crippen molar-refractivity contribution in [2.75, 3.05) is 19.8 Å². The summed E-state index contributed by atoms with van der Waals surface area (Å²) >= 11 is 0. The summed E-state index contributed by atoms with van der Waals surface area (Å²) in [7, 11) is 0. The van der Waals surface area contributed by atoms with Crippen LogP contribution in [0.1, 0.15) is 39.5 Å². The van der Waals surface area contributed by atoms with Crippen molar-refractivity contribution in [3.63, 3.8) is 0 Å². The van der Waals surface area contributed by atoms with Crippen LogP contribution in [0.5, 0.6) is 0 Å². The minimum atomic E-state index is -1.40. The Kier molecular flexibility index (Phi) is 5.59. The summed E-state index contributed by atoms with van der Waals surface area (Å²) in [6.45, 7) is 4.96. The summed E-state index contributed by atoms with van der Waals surface area (Å²) in [4.78, 5) is 23.6. The molecule has 0 saturated carbocycles. The van der Waals surface area contributed by atoms with Gasteiger partial charge >= 0.3 is 11.9 Å². The van der Waals surface area contributed by atoms with E-state index in [-0.39, 0.29) is 12.5 Å². The van der Waals surface area contributed by atoms with Crippen molar-refractivity contribution in [1.29, 1.82) is 0 Å². The Hall–Kier alpha value is -1.10. The quantitative estimate of drug-likeness (QED) is 0.557. The highest BCUT2D eigenvalue weighted by Gasteiger charge is 2.48. The van der Waals surface area contributed by atoms with Crippen LogP contribution in [0, 0.1) is 11.3 Å². The number of carboxylic acid groups (broad SMARTS) is 1. The number of hydrogen-bond donors (Lipinski definition) is 1. The summed E-state index contributed by atoms with van der Waals surface area (Å²) in [5, 5.41) is 9.47. The zero-order valence-electron chi connectivity index (χ0n) is 11.1. The highest BCUT2D eigenvalue weighted by atomic mass is 16.5. The van der Waals surface area contributed by atoms with Gasteiger partial charge < -0.3 is 14.6 Å². The fraction of sp³-hybridized carbons (Fsp3) is 0.846. The first-order valence-electron chi connectivity index (χ1n) is 6.55. The van der Waals surface area contributed by atoms with E-state index < -0.39 is 17.4 Å². The molecule has 5 heteroatoms. The van der Waals surface area contributed by atoms with Crippen molar-refractivity contribution in [2.45, 2.75) is 39.5 Å². The number of ether oxygens (including phenoxy) is 2. The minimum absolute atomic E-state index is 0.136.